The lowest BCUT2D eigenvalue weighted by molar-refractivity contribution is 0.357. The largest absolute Gasteiger partial charge is 0.0876 e. The van der Waals surface area contributed by atoms with Crippen LogP contribution in [0.2, 0.25) is 0 Å². The van der Waals surface area contributed by atoms with E-state index in [1.807, 2.05) is 0 Å². The molecular weight excluding hydrogens is 156 g/mol. The van der Waals surface area contributed by atoms with Gasteiger partial charge in [-0.05, 0) is 43.4 Å². The van der Waals surface area contributed by atoms with Crippen molar-refractivity contribution in [2.45, 2.75) is 39.5 Å². The smallest absolute Gasteiger partial charge is 0.0136 e. The highest BCUT2D eigenvalue weighted by Gasteiger charge is 2.24. The summed E-state index contributed by atoms with van der Waals surface area (Å²) in [6.07, 6.45) is 12.6. The van der Waals surface area contributed by atoms with E-state index < -0.39 is 0 Å². The zero-order chi connectivity index (χ0) is 9.26. The molecule has 0 aromatic rings. The average Bonchev–Trinajstić information content (AvgIpc) is 2.17. The molecule has 0 spiro atoms. The first-order valence-corrected chi connectivity index (χ1v) is 5.63. The molecule has 0 N–H and O–H groups in total. The van der Waals surface area contributed by atoms with E-state index in [2.05, 4.69) is 32.1 Å². The SMILES string of the molecule is CC(C)C1C=C2CC=CCC2CC1. The van der Waals surface area contributed by atoms with Crippen molar-refractivity contribution in [2.75, 3.05) is 0 Å². The summed E-state index contributed by atoms with van der Waals surface area (Å²) in [6, 6.07) is 0. The summed E-state index contributed by atoms with van der Waals surface area (Å²) in [4.78, 5) is 0. The van der Waals surface area contributed by atoms with E-state index in [4.69, 9.17) is 0 Å². The first-order valence-electron chi connectivity index (χ1n) is 5.63. The molecule has 0 radical (unpaired) electrons. The highest BCUT2D eigenvalue weighted by Crippen LogP contribution is 2.37. The molecule has 0 aromatic carbocycles. The van der Waals surface area contributed by atoms with Gasteiger partial charge in [-0.25, -0.2) is 0 Å². The zero-order valence-corrected chi connectivity index (χ0v) is 8.79. The first-order chi connectivity index (χ1) is 6.27. The Balaban J connectivity index is 2.12. The predicted molar refractivity (Wildman–Crippen MR) is 57.5 cm³/mol. The molecule has 72 valence electrons. The fraction of sp³-hybridized carbons (Fsp3) is 0.692. The minimum Gasteiger partial charge on any atom is -0.0876 e. The molecule has 2 aliphatic carbocycles. The van der Waals surface area contributed by atoms with Crippen LogP contribution in [0.15, 0.2) is 23.8 Å². The van der Waals surface area contributed by atoms with Gasteiger partial charge >= 0.3 is 0 Å². The minimum absolute atomic E-state index is 0.833. The molecule has 0 fully saturated rings. The van der Waals surface area contributed by atoms with Crippen LogP contribution < -0.4 is 0 Å². The van der Waals surface area contributed by atoms with Crippen molar-refractivity contribution in [3.63, 3.8) is 0 Å². The van der Waals surface area contributed by atoms with Crippen molar-refractivity contribution in [3.8, 4) is 0 Å². The van der Waals surface area contributed by atoms with Gasteiger partial charge in [-0.15, -0.1) is 0 Å². The van der Waals surface area contributed by atoms with Crippen LogP contribution in [0.5, 0.6) is 0 Å². The molecule has 13 heavy (non-hydrogen) atoms. The standard InChI is InChI=1S/C13H20/c1-10(2)12-8-7-11-5-3-4-6-13(11)9-12/h3-4,9-12H,5-8H2,1-2H3. The van der Waals surface area contributed by atoms with Crippen molar-refractivity contribution in [1.82, 2.24) is 0 Å². The van der Waals surface area contributed by atoms with E-state index >= 15 is 0 Å². The molecule has 2 aliphatic rings. The number of fused-ring (bicyclic) bond motifs is 1. The van der Waals surface area contributed by atoms with Gasteiger partial charge < -0.3 is 0 Å². The minimum atomic E-state index is 0.833. The van der Waals surface area contributed by atoms with Crippen LogP contribution in [-0.2, 0) is 0 Å². The van der Waals surface area contributed by atoms with Crippen molar-refractivity contribution in [2.24, 2.45) is 17.8 Å². The van der Waals surface area contributed by atoms with Gasteiger partial charge in [0.05, 0.1) is 0 Å². The first kappa shape index (κ1) is 9.05. The Labute approximate surface area is 81.7 Å². The summed E-state index contributed by atoms with van der Waals surface area (Å²) in [5, 5.41) is 0. The third-order valence-corrected chi connectivity index (χ3v) is 3.60. The van der Waals surface area contributed by atoms with Crippen molar-refractivity contribution in [1.29, 1.82) is 0 Å². The molecule has 2 rings (SSSR count). The van der Waals surface area contributed by atoms with Gasteiger partial charge in [0, 0.05) is 0 Å². The molecule has 0 heteroatoms. The third kappa shape index (κ3) is 1.87. The molecule has 0 bridgehead atoms. The van der Waals surface area contributed by atoms with E-state index in [9.17, 15) is 0 Å². The second kappa shape index (κ2) is 3.69. The van der Waals surface area contributed by atoms with Crippen LogP contribution in [0.25, 0.3) is 0 Å². The van der Waals surface area contributed by atoms with E-state index in [1.54, 1.807) is 5.57 Å². The van der Waals surface area contributed by atoms with Gasteiger partial charge in [-0.3, -0.25) is 0 Å². The topological polar surface area (TPSA) is 0 Å². The monoisotopic (exact) mass is 176 g/mol. The van der Waals surface area contributed by atoms with E-state index in [-0.39, 0.29) is 0 Å². The van der Waals surface area contributed by atoms with E-state index in [0.717, 1.165) is 17.8 Å². The van der Waals surface area contributed by atoms with Crippen molar-refractivity contribution in [3.05, 3.63) is 23.8 Å². The van der Waals surface area contributed by atoms with Gasteiger partial charge in [0.1, 0.15) is 0 Å². The maximum absolute atomic E-state index is 2.57. The Hall–Kier alpha value is -0.520. The lowest BCUT2D eigenvalue weighted by Crippen LogP contribution is -2.18. The fourth-order valence-electron chi connectivity index (χ4n) is 2.58. The Morgan fingerprint density at radius 2 is 2.08 bits per heavy atom. The molecule has 0 nitrogen and oxygen atoms in total. The molecule has 0 aromatic heterocycles. The summed E-state index contributed by atoms with van der Waals surface area (Å²) >= 11 is 0. The summed E-state index contributed by atoms with van der Waals surface area (Å²) in [5.74, 6) is 2.59. The number of allylic oxidation sites excluding steroid dienone is 4. The molecule has 0 aliphatic heterocycles. The van der Waals surface area contributed by atoms with Crippen molar-refractivity contribution < 1.29 is 0 Å². The molecule has 2 atom stereocenters. The van der Waals surface area contributed by atoms with Crippen LogP contribution in [-0.4, -0.2) is 0 Å². The summed E-state index contributed by atoms with van der Waals surface area (Å²) in [6.45, 7) is 4.70. The van der Waals surface area contributed by atoms with Gasteiger partial charge in [-0.1, -0.05) is 37.6 Å². The van der Waals surface area contributed by atoms with Gasteiger partial charge in [0.25, 0.3) is 0 Å². The number of hydrogen-bond donors (Lipinski definition) is 0. The van der Waals surface area contributed by atoms with Crippen LogP contribution in [0, 0.1) is 17.8 Å². The summed E-state index contributed by atoms with van der Waals surface area (Å²) < 4.78 is 0. The highest BCUT2D eigenvalue weighted by molar-refractivity contribution is 5.20. The Morgan fingerprint density at radius 1 is 1.23 bits per heavy atom. The Bertz CT molecular complexity index is 232. The molecule has 0 heterocycles. The molecule has 0 saturated carbocycles. The average molecular weight is 176 g/mol. The van der Waals surface area contributed by atoms with Crippen LogP contribution >= 0.6 is 0 Å². The van der Waals surface area contributed by atoms with Gasteiger partial charge in [0.15, 0.2) is 0 Å². The number of rotatable bonds is 1. The van der Waals surface area contributed by atoms with Crippen LogP contribution in [0.1, 0.15) is 39.5 Å². The molecule has 2 unspecified atom stereocenters. The van der Waals surface area contributed by atoms with E-state index in [1.165, 1.54) is 25.7 Å². The van der Waals surface area contributed by atoms with Crippen molar-refractivity contribution >= 4 is 0 Å². The second-order valence-electron chi connectivity index (χ2n) is 4.83. The third-order valence-electron chi connectivity index (χ3n) is 3.60. The Kier molecular flexibility index (Phi) is 2.57. The summed E-state index contributed by atoms with van der Waals surface area (Å²) in [7, 11) is 0. The maximum atomic E-state index is 2.57. The fourth-order valence-corrected chi connectivity index (χ4v) is 2.58. The van der Waals surface area contributed by atoms with Crippen LogP contribution in [0.4, 0.5) is 0 Å². The van der Waals surface area contributed by atoms with Gasteiger partial charge in [-0.2, -0.15) is 0 Å². The van der Waals surface area contributed by atoms with Gasteiger partial charge in [0.2, 0.25) is 0 Å². The van der Waals surface area contributed by atoms with Crippen LogP contribution in [0.3, 0.4) is 0 Å². The quantitative estimate of drug-likeness (QED) is 0.531. The Morgan fingerprint density at radius 3 is 2.85 bits per heavy atom. The normalized spacial score (nSPS) is 33.0. The lowest BCUT2D eigenvalue weighted by atomic mass is 9.74. The zero-order valence-electron chi connectivity index (χ0n) is 8.79. The maximum Gasteiger partial charge on any atom is -0.0136 e. The summed E-state index contributed by atoms with van der Waals surface area (Å²) in [5.41, 5.74) is 1.73. The predicted octanol–water partition coefficient (Wildman–Crippen LogP) is 3.95. The highest BCUT2D eigenvalue weighted by atomic mass is 14.3. The molecule has 0 amide bonds. The second-order valence-corrected chi connectivity index (χ2v) is 4.83. The van der Waals surface area contributed by atoms with E-state index in [0.29, 0.717) is 0 Å². The molecular formula is C13H20. The lowest BCUT2D eigenvalue weighted by Gasteiger charge is -2.31. The molecule has 0 saturated heterocycles. The number of hydrogen-bond acceptors (Lipinski definition) is 0.